The molecule has 6 atom stereocenters. The van der Waals surface area contributed by atoms with Gasteiger partial charge in [0.05, 0.1) is 0 Å². The predicted octanol–water partition coefficient (Wildman–Crippen LogP) is 4.48. The van der Waals surface area contributed by atoms with E-state index in [0.717, 1.165) is 50.0 Å². The van der Waals surface area contributed by atoms with Crippen LogP contribution in [0, 0.1) is 53.8 Å². The van der Waals surface area contributed by atoms with Crippen LogP contribution < -0.4 is 0 Å². The molecular weight excluding hydrogens is 292 g/mol. The van der Waals surface area contributed by atoms with Crippen LogP contribution in [0.4, 0.5) is 0 Å². The lowest BCUT2D eigenvalue weighted by Gasteiger charge is -2.55. The minimum Gasteiger partial charge on any atom is -0.377 e. The van der Waals surface area contributed by atoms with Crippen LogP contribution in [0.3, 0.4) is 0 Å². The number of terminal acetylenes is 2. The van der Waals surface area contributed by atoms with Gasteiger partial charge >= 0.3 is 0 Å². The summed E-state index contributed by atoms with van der Waals surface area (Å²) in [6.45, 7) is 2.23. The second-order valence-electron chi connectivity index (χ2n) is 8.42. The van der Waals surface area contributed by atoms with Gasteiger partial charge in [0.25, 0.3) is 0 Å². The van der Waals surface area contributed by atoms with Crippen LogP contribution in [0.2, 0.25) is 0 Å². The minimum absolute atomic E-state index is 0.0528. The molecule has 4 rings (SSSR count). The van der Waals surface area contributed by atoms with Crippen LogP contribution in [-0.2, 0) is 0 Å². The Kier molecular flexibility index (Phi) is 3.71. The molecule has 1 N–H and O–H groups in total. The van der Waals surface area contributed by atoms with E-state index in [2.05, 4.69) is 30.9 Å². The third kappa shape index (κ3) is 1.95. The molecule has 0 spiro atoms. The molecule has 0 heterocycles. The van der Waals surface area contributed by atoms with E-state index in [1.165, 1.54) is 18.4 Å². The second kappa shape index (κ2) is 5.54. The average Bonchev–Trinajstić information content (AvgIpc) is 2.94. The smallest absolute Gasteiger partial charge is 0.131 e. The van der Waals surface area contributed by atoms with Crippen molar-refractivity contribution in [1.29, 1.82) is 0 Å². The number of aliphatic hydroxyl groups is 1. The van der Waals surface area contributed by atoms with E-state index in [-0.39, 0.29) is 5.41 Å². The maximum atomic E-state index is 11.2. The summed E-state index contributed by atoms with van der Waals surface area (Å²) in [4.78, 5) is 0. The van der Waals surface area contributed by atoms with Gasteiger partial charge in [-0.15, -0.1) is 12.8 Å². The van der Waals surface area contributed by atoms with Gasteiger partial charge in [0, 0.05) is 11.0 Å². The highest BCUT2D eigenvalue weighted by Gasteiger charge is 2.63. The van der Waals surface area contributed by atoms with Gasteiger partial charge < -0.3 is 5.11 Å². The predicted molar refractivity (Wildman–Crippen MR) is 97.8 cm³/mol. The summed E-state index contributed by atoms with van der Waals surface area (Å²) in [5.41, 5.74) is 1.72. The quantitative estimate of drug-likeness (QED) is 0.706. The Morgan fingerprint density at radius 3 is 2.75 bits per heavy atom. The maximum Gasteiger partial charge on any atom is 0.131 e. The summed E-state index contributed by atoms with van der Waals surface area (Å²) in [5.74, 6) is 8.35. The van der Waals surface area contributed by atoms with Crippen molar-refractivity contribution in [3.05, 3.63) is 23.3 Å². The first-order valence-electron chi connectivity index (χ1n) is 9.66. The molecule has 1 heteroatoms. The lowest BCUT2D eigenvalue weighted by atomic mass is 9.50. The normalized spacial score (nSPS) is 46.5. The molecule has 0 aliphatic heterocycles. The first-order chi connectivity index (χ1) is 11.6. The lowest BCUT2D eigenvalue weighted by molar-refractivity contribution is -0.0943. The highest BCUT2D eigenvalue weighted by atomic mass is 16.3. The monoisotopic (exact) mass is 320 g/mol. The van der Waals surface area contributed by atoms with Gasteiger partial charge in [0.15, 0.2) is 0 Å². The fourth-order valence-electron chi connectivity index (χ4n) is 6.85. The Morgan fingerprint density at radius 1 is 1.21 bits per heavy atom. The Bertz CT molecular complexity index is 684. The number of hydrogen-bond acceptors (Lipinski definition) is 1. The summed E-state index contributed by atoms with van der Waals surface area (Å²) in [7, 11) is 0. The molecule has 4 aliphatic carbocycles. The van der Waals surface area contributed by atoms with E-state index < -0.39 is 5.60 Å². The zero-order valence-corrected chi connectivity index (χ0v) is 14.7. The SMILES string of the molecule is C#CC1=CC2=CC[C@@H]3[C@H](CC[C@@]4(CC)[C@H]3CC[C@@]4(O)C#C)[C@H]2CC1. The largest absolute Gasteiger partial charge is 0.377 e. The van der Waals surface area contributed by atoms with Crippen molar-refractivity contribution in [2.45, 2.75) is 63.9 Å². The number of hydrogen-bond donors (Lipinski definition) is 1. The molecular formula is C23H28O. The van der Waals surface area contributed by atoms with E-state index >= 15 is 0 Å². The molecule has 126 valence electrons. The number of rotatable bonds is 1. The molecule has 24 heavy (non-hydrogen) atoms. The van der Waals surface area contributed by atoms with Crippen molar-refractivity contribution >= 4 is 0 Å². The summed E-state index contributed by atoms with van der Waals surface area (Å²) in [6.07, 6.45) is 24.7. The maximum absolute atomic E-state index is 11.2. The Labute approximate surface area is 146 Å². The lowest BCUT2D eigenvalue weighted by Crippen LogP contribution is -2.53. The first kappa shape index (κ1) is 16.1. The Morgan fingerprint density at radius 2 is 2.04 bits per heavy atom. The first-order valence-corrected chi connectivity index (χ1v) is 9.66. The fourth-order valence-corrected chi connectivity index (χ4v) is 6.85. The summed E-state index contributed by atoms with van der Waals surface area (Å²) < 4.78 is 0. The molecule has 0 aromatic heterocycles. The van der Waals surface area contributed by atoms with Crippen LogP contribution >= 0.6 is 0 Å². The van der Waals surface area contributed by atoms with Crippen molar-refractivity contribution in [2.75, 3.05) is 0 Å². The van der Waals surface area contributed by atoms with Gasteiger partial charge in [-0.2, -0.15) is 0 Å². The topological polar surface area (TPSA) is 20.2 Å². The number of allylic oxidation sites excluding steroid dienone is 4. The summed E-state index contributed by atoms with van der Waals surface area (Å²) in [6, 6.07) is 0. The molecule has 0 saturated heterocycles. The van der Waals surface area contributed by atoms with Gasteiger partial charge in [-0.3, -0.25) is 0 Å². The Hall–Kier alpha value is -1.44. The minimum atomic E-state index is -0.884. The van der Waals surface area contributed by atoms with Crippen LogP contribution in [0.15, 0.2) is 23.3 Å². The molecule has 0 aromatic rings. The van der Waals surface area contributed by atoms with E-state index in [0.29, 0.717) is 17.8 Å². The van der Waals surface area contributed by atoms with Gasteiger partial charge in [0.1, 0.15) is 5.60 Å². The van der Waals surface area contributed by atoms with Crippen LogP contribution in [0.1, 0.15) is 58.3 Å². The van der Waals surface area contributed by atoms with Crippen LogP contribution in [0.25, 0.3) is 0 Å². The number of fused-ring (bicyclic) bond motifs is 5. The fraction of sp³-hybridized carbons (Fsp3) is 0.652. The van der Waals surface area contributed by atoms with E-state index in [4.69, 9.17) is 12.8 Å². The second-order valence-corrected chi connectivity index (χ2v) is 8.42. The highest BCUT2D eigenvalue weighted by Crippen LogP contribution is 2.65. The molecule has 4 aliphatic rings. The van der Waals surface area contributed by atoms with Crippen molar-refractivity contribution in [3.63, 3.8) is 0 Å². The standard InChI is InChI=1S/C23H28O/c1-4-16-7-9-18-17(15-16)8-10-20-19(18)11-13-22(5-2)21(20)12-14-23(22,24)6-3/h1,3,8,15,18-21,24H,5,7,9-14H2,2H3/t18-,19+,20+,21-,22-,23-/m0/s1. The summed E-state index contributed by atoms with van der Waals surface area (Å²) >= 11 is 0. The zero-order valence-electron chi connectivity index (χ0n) is 14.7. The molecule has 0 aromatic carbocycles. The van der Waals surface area contributed by atoms with Crippen LogP contribution in [-0.4, -0.2) is 10.7 Å². The van der Waals surface area contributed by atoms with E-state index in [1.54, 1.807) is 0 Å². The van der Waals surface area contributed by atoms with Crippen LogP contribution in [0.5, 0.6) is 0 Å². The van der Waals surface area contributed by atoms with Crippen molar-refractivity contribution in [2.24, 2.45) is 29.1 Å². The molecule has 0 unspecified atom stereocenters. The third-order valence-corrected chi connectivity index (χ3v) is 8.03. The molecule has 0 radical (unpaired) electrons. The average molecular weight is 320 g/mol. The highest BCUT2D eigenvalue weighted by molar-refractivity contribution is 5.40. The van der Waals surface area contributed by atoms with Gasteiger partial charge in [-0.1, -0.05) is 24.8 Å². The molecule has 2 saturated carbocycles. The van der Waals surface area contributed by atoms with Gasteiger partial charge in [-0.05, 0) is 86.7 Å². The summed E-state index contributed by atoms with van der Waals surface area (Å²) in [5, 5.41) is 11.2. The molecule has 1 nitrogen and oxygen atoms in total. The van der Waals surface area contributed by atoms with Crippen molar-refractivity contribution in [1.82, 2.24) is 0 Å². The molecule has 0 bridgehead atoms. The van der Waals surface area contributed by atoms with Crippen molar-refractivity contribution in [3.8, 4) is 24.7 Å². The van der Waals surface area contributed by atoms with Gasteiger partial charge in [-0.25, -0.2) is 0 Å². The Balaban J connectivity index is 1.69. The van der Waals surface area contributed by atoms with Gasteiger partial charge in [0.2, 0.25) is 0 Å². The third-order valence-electron chi connectivity index (χ3n) is 8.03. The molecule has 0 amide bonds. The molecule has 2 fully saturated rings. The van der Waals surface area contributed by atoms with Crippen molar-refractivity contribution < 1.29 is 5.11 Å². The van der Waals surface area contributed by atoms with E-state index in [1.807, 2.05) is 0 Å². The van der Waals surface area contributed by atoms with E-state index in [9.17, 15) is 5.11 Å². The zero-order chi connectivity index (χ0) is 16.9.